The van der Waals surface area contributed by atoms with Gasteiger partial charge < -0.3 is 5.32 Å². The maximum atomic E-state index is 10.6. The van der Waals surface area contributed by atoms with Crippen molar-refractivity contribution in [2.75, 3.05) is 6.54 Å². The molecule has 0 radical (unpaired) electrons. The minimum atomic E-state index is -0.363. The van der Waals surface area contributed by atoms with Gasteiger partial charge in [-0.05, 0) is 25.5 Å². The number of hydrogen-bond donors (Lipinski definition) is 1. The van der Waals surface area contributed by atoms with Crippen molar-refractivity contribution in [2.24, 2.45) is 0 Å². The Hall–Kier alpha value is -1.42. The van der Waals surface area contributed by atoms with Gasteiger partial charge in [-0.3, -0.25) is 10.1 Å². The molecule has 1 rings (SSSR count). The predicted octanol–water partition coefficient (Wildman–Crippen LogP) is 4.61. The van der Waals surface area contributed by atoms with E-state index in [0.717, 1.165) is 12.1 Å². The largest absolute Gasteiger partial charge is 0.310 e. The fourth-order valence-electron chi connectivity index (χ4n) is 2.23. The number of nitro benzene ring substituents is 1. The van der Waals surface area contributed by atoms with Crippen LogP contribution in [0.15, 0.2) is 24.3 Å². The molecule has 0 aliphatic carbocycles. The van der Waals surface area contributed by atoms with E-state index in [4.69, 9.17) is 0 Å². The zero-order valence-corrected chi connectivity index (χ0v) is 12.6. The molecule has 1 N–H and O–H groups in total. The predicted molar refractivity (Wildman–Crippen MR) is 82.9 cm³/mol. The molecular formula is C16H26N2O2. The van der Waals surface area contributed by atoms with Gasteiger partial charge in [0.1, 0.15) is 0 Å². The van der Waals surface area contributed by atoms with Crippen LogP contribution in [-0.4, -0.2) is 11.5 Å². The molecule has 0 saturated carbocycles. The van der Waals surface area contributed by atoms with Crippen LogP contribution in [0.2, 0.25) is 0 Å². The van der Waals surface area contributed by atoms with Crippen LogP contribution in [0.4, 0.5) is 5.69 Å². The van der Waals surface area contributed by atoms with E-state index < -0.39 is 0 Å². The fourth-order valence-corrected chi connectivity index (χ4v) is 2.23. The molecule has 4 nitrogen and oxygen atoms in total. The summed E-state index contributed by atoms with van der Waals surface area (Å²) in [6, 6.07) is 7.04. The van der Waals surface area contributed by atoms with Gasteiger partial charge in [-0.2, -0.15) is 0 Å². The summed E-state index contributed by atoms with van der Waals surface area (Å²) in [6.45, 7) is 5.33. The lowest BCUT2D eigenvalue weighted by Gasteiger charge is -2.14. The van der Waals surface area contributed by atoms with Crippen molar-refractivity contribution in [3.8, 4) is 0 Å². The summed E-state index contributed by atoms with van der Waals surface area (Å²) in [5.41, 5.74) is 1.25. The van der Waals surface area contributed by atoms with Gasteiger partial charge in [-0.25, -0.2) is 0 Å². The van der Waals surface area contributed by atoms with Crippen LogP contribution in [0.3, 0.4) is 0 Å². The number of non-ortho nitro benzene ring substituents is 1. The second-order valence-corrected chi connectivity index (χ2v) is 5.29. The first kappa shape index (κ1) is 16.6. The molecule has 1 aromatic rings. The maximum absolute atomic E-state index is 10.6. The zero-order chi connectivity index (χ0) is 14.8. The van der Waals surface area contributed by atoms with Crippen molar-refractivity contribution in [1.82, 2.24) is 5.32 Å². The van der Waals surface area contributed by atoms with Gasteiger partial charge in [0.2, 0.25) is 0 Å². The topological polar surface area (TPSA) is 55.2 Å². The highest BCUT2D eigenvalue weighted by molar-refractivity contribution is 5.33. The smallest absolute Gasteiger partial charge is 0.269 e. The number of rotatable bonds is 10. The van der Waals surface area contributed by atoms with E-state index in [1.807, 2.05) is 12.1 Å². The van der Waals surface area contributed by atoms with Crippen molar-refractivity contribution in [1.29, 1.82) is 0 Å². The van der Waals surface area contributed by atoms with Crippen LogP contribution in [-0.2, 0) is 0 Å². The Morgan fingerprint density at radius 1 is 1.10 bits per heavy atom. The molecule has 0 bridgehead atoms. The average molecular weight is 278 g/mol. The van der Waals surface area contributed by atoms with Crippen LogP contribution in [0.5, 0.6) is 0 Å². The Balaban J connectivity index is 2.22. The molecule has 4 heteroatoms. The number of nitro groups is 1. The molecule has 0 saturated heterocycles. The van der Waals surface area contributed by atoms with E-state index in [-0.39, 0.29) is 16.7 Å². The third-order valence-electron chi connectivity index (χ3n) is 3.58. The quantitative estimate of drug-likeness (QED) is 0.386. The molecule has 1 aromatic carbocycles. The Kier molecular flexibility index (Phi) is 7.88. The number of nitrogens with zero attached hydrogens (tertiary/aromatic N) is 1. The van der Waals surface area contributed by atoms with Crippen molar-refractivity contribution < 1.29 is 4.92 Å². The van der Waals surface area contributed by atoms with Gasteiger partial charge in [-0.1, -0.05) is 51.2 Å². The molecule has 0 aromatic heterocycles. The number of unbranched alkanes of at least 4 members (excludes halogenated alkanes) is 5. The van der Waals surface area contributed by atoms with Gasteiger partial charge in [0.15, 0.2) is 0 Å². The molecular weight excluding hydrogens is 252 g/mol. The van der Waals surface area contributed by atoms with Gasteiger partial charge in [0.25, 0.3) is 5.69 Å². The molecule has 112 valence electrons. The average Bonchev–Trinajstić information content (AvgIpc) is 2.46. The molecule has 0 amide bonds. The van der Waals surface area contributed by atoms with Crippen molar-refractivity contribution in [3.05, 3.63) is 39.9 Å². The van der Waals surface area contributed by atoms with E-state index in [9.17, 15) is 10.1 Å². The molecule has 0 fully saturated rings. The summed E-state index contributed by atoms with van der Waals surface area (Å²) in [7, 11) is 0. The van der Waals surface area contributed by atoms with E-state index in [1.165, 1.54) is 38.5 Å². The normalized spacial score (nSPS) is 12.3. The summed E-state index contributed by atoms with van der Waals surface area (Å²) in [5, 5.41) is 14.1. The maximum Gasteiger partial charge on any atom is 0.269 e. The van der Waals surface area contributed by atoms with E-state index in [1.54, 1.807) is 12.1 Å². The first-order valence-electron chi connectivity index (χ1n) is 7.63. The van der Waals surface area contributed by atoms with Crippen molar-refractivity contribution in [2.45, 2.75) is 58.4 Å². The number of benzene rings is 1. The third kappa shape index (κ3) is 6.15. The highest BCUT2D eigenvalue weighted by Gasteiger charge is 2.08. The number of hydrogen-bond acceptors (Lipinski definition) is 3. The van der Waals surface area contributed by atoms with Crippen molar-refractivity contribution in [3.63, 3.8) is 0 Å². The zero-order valence-electron chi connectivity index (χ0n) is 12.6. The molecule has 0 heterocycles. The van der Waals surface area contributed by atoms with E-state index in [2.05, 4.69) is 19.2 Å². The summed E-state index contributed by atoms with van der Waals surface area (Å²) < 4.78 is 0. The Morgan fingerprint density at radius 2 is 1.70 bits per heavy atom. The van der Waals surface area contributed by atoms with Gasteiger partial charge in [0.05, 0.1) is 4.92 Å². The first-order valence-corrected chi connectivity index (χ1v) is 7.63. The summed E-state index contributed by atoms with van der Waals surface area (Å²) in [4.78, 5) is 10.2. The summed E-state index contributed by atoms with van der Waals surface area (Å²) in [5.74, 6) is 0. The lowest BCUT2D eigenvalue weighted by Crippen LogP contribution is -2.19. The fraction of sp³-hybridized carbons (Fsp3) is 0.625. The SMILES string of the molecule is CCCCCCCCNC(C)c1ccc([N+](=O)[O-])cc1. The van der Waals surface area contributed by atoms with Gasteiger partial charge >= 0.3 is 0 Å². The third-order valence-corrected chi connectivity index (χ3v) is 3.58. The van der Waals surface area contributed by atoms with Gasteiger partial charge in [0, 0.05) is 18.2 Å². The lowest BCUT2D eigenvalue weighted by atomic mass is 10.1. The van der Waals surface area contributed by atoms with Gasteiger partial charge in [-0.15, -0.1) is 0 Å². The van der Waals surface area contributed by atoms with Crippen LogP contribution in [0.1, 0.15) is 64.0 Å². The Labute approximate surface area is 121 Å². The molecule has 0 aliphatic heterocycles. The minimum Gasteiger partial charge on any atom is -0.310 e. The first-order chi connectivity index (χ1) is 9.65. The van der Waals surface area contributed by atoms with E-state index in [0.29, 0.717) is 0 Å². The summed E-state index contributed by atoms with van der Waals surface area (Å²) in [6.07, 6.45) is 7.76. The molecule has 0 spiro atoms. The molecule has 20 heavy (non-hydrogen) atoms. The van der Waals surface area contributed by atoms with E-state index >= 15 is 0 Å². The Bertz CT molecular complexity index is 390. The lowest BCUT2D eigenvalue weighted by molar-refractivity contribution is -0.384. The van der Waals surface area contributed by atoms with Crippen LogP contribution in [0.25, 0.3) is 0 Å². The second kappa shape index (κ2) is 9.48. The standard InChI is InChI=1S/C16H26N2O2/c1-3-4-5-6-7-8-13-17-14(2)15-9-11-16(12-10-15)18(19)20/h9-12,14,17H,3-8,13H2,1-2H3. The summed E-state index contributed by atoms with van der Waals surface area (Å²) >= 11 is 0. The van der Waals surface area contributed by atoms with Crippen LogP contribution in [0, 0.1) is 10.1 Å². The molecule has 1 atom stereocenters. The Morgan fingerprint density at radius 3 is 2.30 bits per heavy atom. The monoisotopic (exact) mass is 278 g/mol. The van der Waals surface area contributed by atoms with Crippen molar-refractivity contribution >= 4 is 5.69 Å². The number of nitrogens with one attached hydrogen (secondary N) is 1. The molecule has 0 aliphatic rings. The highest BCUT2D eigenvalue weighted by atomic mass is 16.6. The highest BCUT2D eigenvalue weighted by Crippen LogP contribution is 2.17. The molecule has 1 unspecified atom stereocenters. The minimum absolute atomic E-state index is 0.150. The van der Waals surface area contributed by atoms with Crippen LogP contribution < -0.4 is 5.32 Å². The second-order valence-electron chi connectivity index (χ2n) is 5.29. The van der Waals surface area contributed by atoms with Crippen LogP contribution >= 0.6 is 0 Å².